The van der Waals surface area contributed by atoms with Crippen molar-refractivity contribution in [2.75, 3.05) is 0 Å². The van der Waals surface area contributed by atoms with E-state index in [0.29, 0.717) is 6.42 Å². The van der Waals surface area contributed by atoms with Gasteiger partial charge in [0.2, 0.25) is 0 Å². The van der Waals surface area contributed by atoms with Crippen molar-refractivity contribution in [2.45, 2.75) is 19.4 Å². The van der Waals surface area contributed by atoms with Gasteiger partial charge in [-0.3, -0.25) is 0 Å². The van der Waals surface area contributed by atoms with Gasteiger partial charge in [0.25, 0.3) is 0 Å². The molecule has 0 bridgehead atoms. The first-order valence-corrected chi connectivity index (χ1v) is 5.10. The van der Waals surface area contributed by atoms with Gasteiger partial charge in [0.15, 0.2) is 0 Å². The summed E-state index contributed by atoms with van der Waals surface area (Å²) in [5, 5.41) is 14.0. The highest BCUT2D eigenvalue weighted by molar-refractivity contribution is 5.41. The Bertz CT molecular complexity index is 423. The van der Waals surface area contributed by atoms with Crippen LogP contribution in [0.2, 0.25) is 0 Å². The molecule has 2 rings (SSSR count). The van der Waals surface area contributed by atoms with Gasteiger partial charge < -0.3 is 5.11 Å². The first kappa shape index (κ1) is 9.93. The molecule has 0 unspecified atom stereocenters. The average molecular weight is 202 g/mol. The number of benzene rings is 1. The Morgan fingerprint density at radius 2 is 2.13 bits per heavy atom. The molecule has 0 aliphatic carbocycles. The summed E-state index contributed by atoms with van der Waals surface area (Å²) in [5.41, 5.74) is 1.86. The molecular weight excluding hydrogens is 188 g/mol. The van der Waals surface area contributed by atoms with Gasteiger partial charge in [-0.05, 0) is 18.6 Å². The molecule has 1 aromatic carbocycles. The summed E-state index contributed by atoms with van der Waals surface area (Å²) < 4.78 is 1.77. The standard InChI is InChI=1S/C12H14N2O/c1-2-12(15)10-6-3-4-7-11(10)14-9-5-8-13-14/h3-9,12,15H,2H2,1H3/t12-/m1/s1. The SMILES string of the molecule is CC[C@@H](O)c1ccccc1-n1cccn1. The van der Waals surface area contributed by atoms with Crippen LogP contribution in [0, 0.1) is 0 Å². The molecule has 1 aromatic heterocycles. The van der Waals surface area contributed by atoms with Crippen molar-refractivity contribution < 1.29 is 5.11 Å². The molecule has 78 valence electrons. The molecular formula is C12H14N2O. The molecule has 2 aromatic rings. The zero-order chi connectivity index (χ0) is 10.7. The normalized spacial score (nSPS) is 12.7. The van der Waals surface area contributed by atoms with E-state index < -0.39 is 6.10 Å². The van der Waals surface area contributed by atoms with Crippen LogP contribution in [0.5, 0.6) is 0 Å². The molecule has 3 nitrogen and oxygen atoms in total. The van der Waals surface area contributed by atoms with E-state index in [1.807, 2.05) is 43.5 Å². The van der Waals surface area contributed by atoms with Crippen LogP contribution < -0.4 is 0 Å². The number of hydrogen-bond acceptors (Lipinski definition) is 2. The minimum absolute atomic E-state index is 0.426. The third kappa shape index (κ3) is 1.92. The van der Waals surface area contributed by atoms with Crippen LogP contribution in [0.3, 0.4) is 0 Å². The molecule has 1 atom stereocenters. The van der Waals surface area contributed by atoms with Gasteiger partial charge in [-0.1, -0.05) is 25.1 Å². The fourth-order valence-electron chi connectivity index (χ4n) is 1.61. The van der Waals surface area contributed by atoms with Crippen LogP contribution in [0.25, 0.3) is 5.69 Å². The Balaban J connectivity index is 2.47. The Hall–Kier alpha value is -1.61. The molecule has 0 spiro atoms. The lowest BCUT2D eigenvalue weighted by molar-refractivity contribution is 0.173. The first-order valence-electron chi connectivity index (χ1n) is 5.10. The number of hydrogen-bond donors (Lipinski definition) is 1. The summed E-state index contributed by atoms with van der Waals surface area (Å²) in [4.78, 5) is 0. The molecule has 1 heterocycles. The largest absolute Gasteiger partial charge is 0.388 e. The molecule has 0 aliphatic rings. The number of aliphatic hydroxyl groups is 1. The second kappa shape index (κ2) is 4.28. The van der Waals surface area contributed by atoms with Gasteiger partial charge in [0, 0.05) is 18.0 Å². The molecule has 3 heteroatoms. The zero-order valence-corrected chi connectivity index (χ0v) is 8.67. The Morgan fingerprint density at radius 3 is 2.80 bits per heavy atom. The van der Waals surface area contributed by atoms with E-state index >= 15 is 0 Å². The van der Waals surface area contributed by atoms with Crippen molar-refractivity contribution in [3.05, 3.63) is 48.3 Å². The molecule has 0 amide bonds. The van der Waals surface area contributed by atoms with Gasteiger partial charge in [-0.2, -0.15) is 5.10 Å². The van der Waals surface area contributed by atoms with Crippen molar-refractivity contribution in [1.82, 2.24) is 9.78 Å². The lowest BCUT2D eigenvalue weighted by Crippen LogP contribution is -2.04. The molecule has 15 heavy (non-hydrogen) atoms. The highest BCUT2D eigenvalue weighted by Gasteiger charge is 2.10. The van der Waals surface area contributed by atoms with Gasteiger partial charge in [0.05, 0.1) is 11.8 Å². The van der Waals surface area contributed by atoms with E-state index in [1.165, 1.54) is 0 Å². The predicted molar refractivity (Wildman–Crippen MR) is 58.8 cm³/mol. The second-order valence-corrected chi connectivity index (χ2v) is 3.43. The lowest BCUT2D eigenvalue weighted by Gasteiger charge is -2.13. The van der Waals surface area contributed by atoms with Crippen molar-refractivity contribution in [3.63, 3.8) is 0 Å². The fraction of sp³-hybridized carbons (Fsp3) is 0.250. The Kier molecular flexibility index (Phi) is 2.83. The number of nitrogens with zero attached hydrogens (tertiary/aromatic N) is 2. The van der Waals surface area contributed by atoms with E-state index in [-0.39, 0.29) is 0 Å². The molecule has 0 radical (unpaired) electrons. The summed E-state index contributed by atoms with van der Waals surface area (Å²) in [6.07, 6.45) is 3.89. The van der Waals surface area contributed by atoms with Crippen LogP contribution >= 0.6 is 0 Å². The van der Waals surface area contributed by atoms with Crippen LogP contribution in [-0.4, -0.2) is 14.9 Å². The van der Waals surface area contributed by atoms with Gasteiger partial charge in [0.1, 0.15) is 0 Å². The van der Waals surface area contributed by atoms with Crippen molar-refractivity contribution in [2.24, 2.45) is 0 Å². The lowest BCUT2D eigenvalue weighted by atomic mass is 10.1. The van der Waals surface area contributed by atoms with Gasteiger partial charge in [-0.15, -0.1) is 0 Å². The van der Waals surface area contributed by atoms with Crippen molar-refractivity contribution in [3.8, 4) is 5.69 Å². The van der Waals surface area contributed by atoms with E-state index in [9.17, 15) is 5.11 Å². The van der Waals surface area contributed by atoms with Gasteiger partial charge in [-0.25, -0.2) is 4.68 Å². The maximum absolute atomic E-state index is 9.87. The van der Waals surface area contributed by atoms with Crippen LogP contribution in [0.15, 0.2) is 42.7 Å². The van der Waals surface area contributed by atoms with E-state index in [4.69, 9.17) is 0 Å². The maximum Gasteiger partial charge on any atom is 0.0808 e. The topological polar surface area (TPSA) is 38.0 Å². The van der Waals surface area contributed by atoms with Gasteiger partial charge >= 0.3 is 0 Å². The minimum atomic E-state index is -0.426. The summed E-state index contributed by atoms with van der Waals surface area (Å²) in [6.45, 7) is 1.96. The predicted octanol–water partition coefficient (Wildman–Crippen LogP) is 2.32. The van der Waals surface area contributed by atoms with E-state index in [1.54, 1.807) is 10.9 Å². The zero-order valence-electron chi connectivity index (χ0n) is 8.67. The highest BCUT2D eigenvalue weighted by atomic mass is 16.3. The van der Waals surface area contributed by atoms with Crippen molar-refractivity contribution in [1.29, 1.82) is 0 Å². The Labute approximate surface area is 89.0 Å². The number of aliphatic hydroxyl groups excluding tert-OH is 1. The van der Waals surface area contributed by atoms with Crippen LogP contribution in [0.1, 0.15) is 25.0 Å². The molecule has 0 saturated heterocycles. The second-order valence-electron chi connectivity index (χ2n) is 3.43. The minimum Gasteiger partial charge on any atom is -0.388 e. The molecule has 1 N–H and O–H groups in total. The Morgan fingerprint density at radius 1 is 1.33 bits per heavy atom. The summed E-state index contributed by atoms with van der Waals surface area (Å²) in [7, 11) is 0. The summed E-state index contributed by atoms with van der Waals surface area (Å²) >= 11 is 0. The number of para-hydroxylation sites is 1. The number of aromatic nitrogens is 2. The monoisotopic (exact) mass is 202 g/mol. The molecule has 0 aliphatic heterocycles. The molecule has 0 saturated carbocycles. The third-order valence-electron chi connectivity index (χ3n) is 2.43. The first-order chi connectivity index (χ1) is 7.33. The fourth-order valence-corrected chi connectivity index (χ4v) is 1.61. The average Bonchev–Trinajstić information content (AvgIpc) is 2.81. The van der Waals surface area contributed by atoms with Crippen LogP contribution in [0.4, 0.5) is 0 Å². The maximum atomic E-state index is 9.87. The smallest absolute Gasteiger partial charge is 0.0808 e. The number of rotatable bonds is 3. The van der Waals surface area contributed by atoms with E-state index in [2.05, 4.69) is 5.10 Å². The van der Waals surface area contributed by atoms with E-state index in [0.717, 1.165) is 11.3 Å². The molecule has 0 fully saturated rings. The summed E-state index contributed by atoms with van der Waals surface area (Å²) in [5.74, 6) is 0. The van der Waals surface area contributed by atoms with Crippen LogP contribution in [-0.2, 0) is 0 Å². The summed E-state index contributed by atoms with van der Waals surface area (Å²) in [6, 6.07) is 9.64. The highest BCUT2D eigenvalue weighted by Crippen LogP contribution is 2.22. The van der Waals surface area contributed by atoms with Crippen molar-refractivity contribution >= 4 is 0 Å². The quantitative estimate of drug-likeness (QED) is 0.829. The third-order valence-corrected chi connectivity index (χ3v) is 2.43.